The molecule has 2 aliphatic rings. The highest BCUT2D eigenvalue weighted by Crippen LogP contribution is 2.30. The molecule has 2 aromatic heterocycles. The molecule has 0 radical (unpaired) electrons. The van der Waals surface area contributed by atoms with Crippen LogP contribution in [-0.2, 0) is 6.54 Å². The fraction of sp³-hybridized carbons (Fsp3) is 0.333. The van der Waals surface area contributed by atoms with Gasteiger partial charge in [-0.1, -0.05) is 12.6 Å². The molecule has 1 fully saturated rings. The zero-order valence-electron chi connectivity index (χ0n) is 22.2. The molecule has 2 aliphatic heterocycles. The molecular formula is C27H32F2N8O2. The number of halogens is 2. The number of nitrogens with one attached hydrogen (secondary N) is 3. The molecule has 0 aliphatic carbocycles. The minimum Gasteiger partial charge on any atom is -0.435 e. The molecule has 1 amide bonds. The van der Waals surface area contributed by atoms with Crippen LogP contribution in [0.4, 0.5) is 20.4 Å². The topological polar surface area (TPSA) is 108 Å². The molecule has 0 saturated carbocycles. The second-order valence-corrected chi connectivity index (χ2v) is 9.38. The van der Waals surface area contributed by atoms with Crippen LogP contribution >= 0.6 is 0 Å². The fourth-order valence-electron chi connectivity index (χ4n) is 3.99. The van der Waals surface area contributed by atoms with Crippen LogP contribution in [0.15, 0.2) is 72.1 Å². The zero-order valence-corrected chi connectivity index (χ0v) is 22.2. The summed E-state index contributed by atoms with van der Waals surface area (Å²) in [5.41, 5.74) is 1.48. The van der Waals surface area contributed by atoms with Crippen LogP contribution in [0, 0.1) is 0 Å². The zero-order chi connectivity index (χ0) is 27.9. The highest BCUT2D eigenvalue weighted by Gasteiger charge is 2.25. The largest absolute Gasteiger partial charge is 0.435 e. The van der Waals surface area contributed by atoms with E-state index in [0.717, 1.165) is 50.7 Å². The molecule has 0 unspecified atom stereocenters. The van der Waals surface area contributed by atoms with Crippen molar-refractivity contribution in [3.8, 4) is 5.88 Å². The lowest BCUT2D eigenvalue weighted by atomic mass is 10.2. The van der Waals surface area contributed by atoms with Gasteiger partial charge in [-0.15, -0.1) is 0 Å². The van der Waals surface area contributed by atoms with E-state index in [1.165, 1.54) is 11.0 Å². The third kappa shape index (κ3) is 7.24. The average molecular weight is 539 g/mol. The molecule has 3 N–H and O–H groups in total. The summed E-state index contributed by atoms with van der Waals surface area (Å²) in [6.45, 7) is 9.82. The minimum absolute atomic E-state index is 0.0288. The van der Waals surface area contributed by atoms with E-state index in [1.807, 2.05) is 6.07 Å². The molecule has 0 spiro atoms. The first kappa shape index (κ1) is 27.9. The van der Waals surface area contributed by atoms with Gasteiger partial charge in [-0.3, -0.25) is 9.69 Å². The number of aromatic nitrogens is 3. The van der Waals surface area contributed by atoms with Gasteiger partial charge in [0.2, 0.25) is 5.88 Å². The first-order valence-electron chi connectivity index (χ1n) is 12.5. The molecule has 10 nitrogen and oxygen atoms in total. The first-order valence-corrected chi connectivity index (χ1v) is 12.5. The Morgan fingerprint density at radius 1 is 1.18 bits per heavy atom. The molecule has 1 saturated heterocycles. The highest BCUT2D eigenvalue weighted by atomic mass is 19.1. The van der Waals surface area contributed by atoms with E-state index < -0.39 is 23.3 Å². The third-order valence-corrected chi connectivity index (χ3v) is 6.04. The summed E-state index contributed by atoms with van der Waals surface area (Å²) >= 11 is 0. The summed E-state index contributed by atoms with van der Waals surface area (Å²) in [7, 11) is 3.10. The second kappa shape index (κ2) is 12.6. The maximum absolute atomic E-state index is 15.2. The van der Waals surface area contributed by atoms with Crippen LogP contribution in [0.5, 0.6) is 5.88 Å². The minimum atomic E-state index is -0.897. The molecule has 4 rings (SSSR count). The van der Waals surface area contributed by atoms with Crippen molar-refractivity contribution in [1.82, 2.24) is 35.4 Å². The number of ether oxygens (including phenoxy) is 1. The maximum Gasteiger partial charge on any atom is 0.262 e. The Hall–Kier alpha value is -4.16. The fourth-order valence-corrected chi connectivity index (χ4v) is 3.99. The van der Waals surface area contributed by atoms with E-state index in [1.54, 1.807) is 33.3 Å². The Morgan fingerprint density at radius 3 is 2.64 bits per heavy atom. The number of allylic oxidation sites excluding steroid dienone is 5. The summed E-state index contributed by atoms with van der Waals surface area (Å²) < 4.78 is 35.5. The van der Waals surface area contributed by atoms with Crippen molar-refractivity contribution in [2.75, 3.05) is 52.1 Å². The lowest BCUT2D eigenvalue weighted by molar-refractivity contribution is 0.0824. The summed E-state index contributed by atoms with van der Waals surface area (Å²) in [5.74, 6) is -2.27. The lowest BCUT2D eigenvalue weighted by Gasteiger charge is -2.27. The summed E-state index contributed by atoms with van der Waals surface area (Å²) in [6, 6.07) is 3.73. The van der Waals surface area contributed by atoms with E-state index in [-0.39, 0.29) is 29.4 Å². The van der Waals surface area contributed by atoms with Gasteiger partial charge in [-0.05, 0) is 24.6 Å². The van der Waals surface area contributed by atoms with E-state index in [4.69, 9.17) is 4.74 Å². The molecule has 2 aromatic rings. The van der Waals surface area contributed by atoms with E-state index >= 15 is 4.39 Å². The quantitative estimate of drug-likeness (QED) is 0.490. The number of anilines is 2. The van der Waals surface area contributed by atoms with E-state index in [0.29, 0.717) is 11.5 Å². The van der Waals surface area contributed by atoms with Crippen LogP contribution in [-0.4, -0.2) is 77.5 Å². The predicted molar refractivity (Wildman–Crippen MR) is 145 cm³/mol. The highest BCUT2D eigenvalue weighted by molar-refractivity contribution is 6.01. The smallest absolute Gasteiger partial charge is 0.262 e. The van der Waals surface area contributed by atoms with Crippen molar-refractivity contribution in [3.63, 3.8) is 0 Å². The molecule has 206 valence electrons. The van der Waals surface area contributed by atoms with Crippen molar-refractivity contribution in [2.45, 2.75) is 13.5 Å². The molecule has 0 bridgehead atoms. The Labute approximate surface area is 226 Å². The van der Waals surface area contributed by atoms with E-state index in [2.05, 4.69) is 42.4 Å². The third-order valence-electron chi connectivity index (χ3n) is 6.04. The normalized spacial score (nSPS) is 21.3. The van der Waals surface area contributed by atoms with Crippen molar-refractivity contribution in [3.05, 3.63) is 83.2 Å². The van der Waals surface area contributed by atoms with Crippen LogP contribution < -0.4 is 20.7 Å². The van der Waals surface area contributed by atoms with Gasteiger partial charge in [0.15, 0.2) is 17.4 Å². The Kier molecular flexibility index (Phi) is 8.99. The van der Waals surface area contributed by atoms with Gasteiger partial charge < -0.3 is 25.6 Å². The number of piperazine rings is 1. The van der Waals surface area contributed by atoms with Crippen molar-refractivity contribution >= 4 is 17.5 Å². The number of rotatable bonds is 7. The van der Waals surface area contributed by atoms with Crippen molar-refractivity contribution < 1.29 is 18.3 Å². The number of pyridine rings is 1. The molecule has 39 heavy (non-hydrogen) atoms. The number of hydrogen-bond acceptors (Lipinski definition) is 9. The van der Waals surface area contributed by atoms with Crippen LogP contribution in [0.2, 0.25) is 0 Å². The van der Waals surface area contributed by atoms with Gasteiger partial charge in [0.1, 0.15) is 23.5 Å². The summed E-state index contributed by atoms with van der Waals surface area (Å²) in [4.78, 5) is 29.6. The van der Waals surface area contributed by atoms with Gasteiger partial charge in [-0.25, -0.2) is 23.7 Å². The number of hydrogen-bond donors (Lipinski definition) is 3. The second-order valence-electron chi connectivity index (χ2n) is 9.38. The molecule has 4 heterocycles. The van der Waals surface area contributed by atoms with Gasteiger partial charge >= 0.3 is 0 Å². The van der Waals surface area contributed by atoms with Crippen LogP contribution in [0.3, 0.4) is 0 Å². The predicted octanol–water partition coefficient (Wildman–Crippen LogP) is 3.20. The van der Waals surface area contributed by atoms with Gasteiger partial charge in [-0.2, -0.15) is 0 Å². The van der Waals surface area contributed by atoms with Gasteiger partial charge in [0, 0.05) is 70.4 Å². The lowest BCUT2D eigenvalue weighted by Crippen LogP contribution is -2.42. The standard InChI is InChI=1S/C27H32F2N8O2/c1-17-11-18(2)31-14-20(28)12-21(24(17)29)39-26-23(27(38)36(3)4)25(33-16-34-26)35-22-6-5-19(13-32-22)15-37-9-7-30-8-10-37/h5-6,11-13,16,30-31H,1,7-10,14-15H2,2-4H3,(H,32,33,34,35)/b18-11-,20-12+,24-21-. The molecule has 12 heteroatoms. The van der Waals surface area contributed by atoms with Gasteiger partial charge in [0.05, 0.1) is 6.54 Å². The number of carbonyl (C=O) groups excluding carboxylic acids is 1. The van der Waals surface area contributed by atoms with E-state index in [9.17, 15) is 9.18 Å². The Balaban J connectivity index is 1.64. The van der Waals surface area contributed by atoms with Crippen LogP contribution in [0.25, 0.3) is 0 Å². The number of amides is 1. The van der Waals surface area contributed by atoms with Gasteiger partial charge in [0.25, 0.3) is 5.91 Å². The van der Waals surface area contributed by atoms with Crippen molar-refractivity contribution in [1.29, 1.82) is 0 Å². The molecule has 0 aromatic carbocycles. The molecule has 0 atom stereocenters. The number of carbonyl (C=O) groups is 1. The van der Waals surface area contributed by atoms with Crippen molar-refractivity contribution in [2.24, 2.45) is 0 Å². The SMILES string of the molecule is C=C1/C=C(/C)NC/C(F)=C\C(Oc2ncnc(Nc3ccc(CN4CCNCC4)cn3)c2C(=O)N(C)C)=C/1F. The molecular weight excluding hydrogens is 506 g/mol. The average Bonchev–Trinajstić information content (AvgIpc) is 2.96. The monoisotopic (exact) mass is 538 g/mol. The summed E-state index contributed by atoms with van der Waals surface area (Å²) in [5, 5.41) is 9.18. The first-order chi connectivity index (χ1) is 18.7. The number of nitrogens with zero attached hydrogens (tertiary/aromatic N) is 5. The van der Waals surface area contributed by atoms with Crippen LogP contribution in [0.1, 0.15) is 22.8 Å². The maximum atomic E-state index is 15.2. The Morgan fingerprint density at radius 2 is 1.95 bits per heavy atom. The Bertz CT molecular complexity index is 1320. The summed E-state index contributed by atoms with van der Waals surface area (Å²) in [6.07, 6.45) is 5.26.